The molecule has 0 aliphatic rings. The summed E-state index contributed by atoms with van der Waals surface area (Å²) in [6.07, 6.45) is 2.09. The first-order valence-corrected chi connectivity index (χ1v) is 7.70. The summed E-state index contributed by atoms with van der Waals surface area (Å²) in [5, 5.41) is 5.44. The Labute approximate surface area is 138 Å². The third kappa shape index (κ3) is 4.81. The summed E-state index contributed by atoms with van der Waals surface area (Å²) < 4.78 is 0. The molecule has 0 aliphatic carbocycles. The van der Waals surface area contributed by atoms with Crippen LogP contribution in [-0.2, 0) is 0 Å². The van der Waals surface area contributed by atoms with Crippen molar-refractivity contribution in [1.82, 2.24) is 10.0 Å². The van der Waals surface area contributed by atoms with E-state index < -0.39 is 0 Å². The smallest absolute Gasteiger partial charge is 0.107 e. The molecule has 0 saturated heterocycles. The second-order valence-corrected chi connectivity index (χ2v) is 5.74. The molecule has 0 spiro atoms. The first-order chi connectivity index (χ1) is 11.1. The zero-order valence-electron chi connectivity index (χ0n) is 13.8. The Morgan fingerprint density at radius 3 is 2.17 bits per heavy atom. The zero-order valence-corrected chi connectivity index (χ0v) is 13.8. The summed E-state index contributed by atoms with van der Waals surface area (Å²) in [6, 6.07) is 18.7. The molecule has 5 heteroatoms. The van der Waals surface area contributed by atoms with E-state index in [4.69, 9.17) is 11.6 Å². The van der Waals surface area contributed by atoms with Gasteiger partial charge in [-0.05, 0) is 43.8 Å². The highest BCUT2D eigenvalue weighted by Gasteiger charge is 2.17. The average molecular weight is 311 g/mol. The summed E-state index contributed by atoms with van der Waals surface area (Å²) in [6.45, 7) is 0.916. The standard InChI is InChI=1S/C18H25N5/c1-22(2)13-12-18(23(20)21-14-19)17-10-8-16(9-11-17)15-6-4-3-5-7-15/h3-11,14,18H,12-13,20H2,1-2H3,(H2,19,21). The Morgan fingerprint density at radius 1 is 1.00 bits per heavy atom. The highest BCUT2D eigenvalue weighted by molar-refractivity contribution is 5.63. The third-order valence-corrected chi connectivity index (χ3v) is 3.77. The summed E-state index contributed by atoms with van der Waals surface area (Å²) in [4.78, 5) is 2.13. The summed E-state index contributed by atoms with van der Waals surface area (Å²) in [7, 11) is 4.09. The lowest BCUT2D eigenvalue weighted by Gasteiger charge is -2.26. The van der Waals surface area contributed by atoms with Crippen LogP contribution in [0.3, 0.4) is 0 Å². The van der Waals surface area contributed by atoms with Crippen LogP contribution in [0.5, 0.6) is 0 Å². The molecule has 4 N–H and O–H groups in total. The van der Waals surface area contributed by atoms with Gasteiger partial charge in [-0.15, -0.1) is 0 Å². The maximum Gasteiger partial charge on any atom is 0.107 e. The largest absolute Gasteiger partial charge is 0.388 e. The Morgan fingerprint density at radius 2 is 1.61 bits per heavy atom. The van der Waals surface area contributed by atoms with Gasteiger partial charge in [-0.1, -0.05) is 54.6 Å². The molecule has 0 heterocycles. The van der Waals surface area contributed by atoms with E-state index in [0.29, 0.717) is 0 Å². The number of nitrogens with two attached hydrogens (primary N) is 2. The topological polar surface area (TPSA) is 70.9 Å². The van der Waals surface area contributed by atoms with Crippen molar-refractivity contribution in [2.45, 2.75) is 12.5 Å². The van der Waals surface area contributed by atoms with Crippen molar-refractivity contribution >= 4 is 6.34 Å². The van der Waals surface area contributed by atoms with Gasteiger partial charge in [0, 0.05) is 0 Å². The van der Waals surface area contributed by atoms with Crippen molar-refractivity contribution in [3.05, 3.63) is 60.2 Å². The number of hydrogen-bond acceptors (Lipinski definition) is 4. The lowest BCUT2D eigenvalue weighted by molar-refractivity contribution is 0.187. The first kappa shape index (κ1) is 17.0. The van der Waals surface area contributed by atoms with Gasteiger partial charge < -0.3 is 10.6 Å². The number of hydrazine groups is 1. The highest BCUT2D eigenvalue weighted by Crippen LogP contribution is 2.26. The molecule has 0 aromatic heterocycles. The van der Waals surface area contributed by atoms with Gasteiger partial charge in [0.15, 0.2) is 0 Å². The van der Waals surface area contributed by atoms with E-state index in [9.17, 15) is 0 Å². The average Bonchev–Trinajstić information content (AvgIpc) is 2.56. The monoisotopic (exact) mass is 311 g/mol. The molecule has 23 heavy (non-hydrogen) atoms. The molecule has 2 rings (SSSR count). The van der Waals surface area contributed by atoms with Crippen molar-refractivity contribution in [2.24, 2.45) is 16.7 Å². The molecule has 0 aliphatic heterocycles. The molecular weight excluding hydrogens is 286 g/mol. The second kappa shape index (κ2) is 8.31. The van der Waals surface area contributed by atoms with Crippen LogP contribution in [-0.4, -0.2) is 37.0 Å². The van der Waals surface area contributed by atoms with Gasteiger partial charge in [0.1, 0.15) is 6.34 Å². The van der Waals surface area contributed by atoms with Crippen molar-refractivity contribution in [2.75, 3.05) is 20.6 Å². The molecule has 1 unspecified atom stereocenters. The SMILES string of the molecule is CN(C)CCC(c1ccc(-c2ccccc2)cc1)N(N)/N=C\N. The van der Waals surface area contributed by atoms with Gasteiger partial charge in [-0.2, -0.15) is 5.10 Å². The van der Waals surface area contributed by atoms with Crippen molar-refractivity contribution in [3.8, 4) is 11.1 Å². The fourth-order valence-corrected chi connectivity index (χ4v) is 2.52. The molecular formula is C18H25N5. The molecule has 0 saturated carbocycles. The van der Waals surface area contributed by atoms with Crippen molar-refractivity contribution in [1.29, 1.82) is 0 Å². The fourth-order valence-electron chi connectivity index (χ4n) is 2.52. The number of hydrogen-bond donors (Lipinski definition) is 2. The molecule has 0 amide bonds. The minimum absolute atomic E-state index is 0.0120. The van der Waals surface area contributed by atoms with Crippen LogP contribution in [0.1, 0.15) is 18.0 Å². The van der Waals surface area contributed by atoms with Crippen LogP contribution in [0.25, 0.3) is 11.1 Å². The third-order valence-electron chi connectivity index (χ3n) is 3.77. The van der Waals surface area contributed by atoms with Gasteiger partial charge >= 0.3 is 0 Å². The molecule has 1 atom stereocenters. The Bertz CT molecular complexity index is 607. The lowest BCUT2D eigenvalue weighted by Crippen LogP contribution is -2.33. The summed E-state index contributed by atoms with van der Waals surface area (Å²) in [5.74, 6) is 6.03. The van der Waals surface area contributed by atoms with E-state index in [1.807, 2.05) is 32.3 Å². The van der Waals surface area contributed by atoms with Crippen LogP contribution in [0, 0.1) is 0 Å². The summed E-state index contributed by atoms with van der Waals surface area (Å²) in [5.41, 5.74) is 8.89. The summed E-state index contributed by atoms with van der Waals surface area (Å²) >= 11 is 0. The maximum atomic E-state index is 6.03. The van der Waals surface area contributed by atoms with Crippen LogP contribution in [0.4, 0.5) is 0 Å². The number of nitrogens with zero attached hydrogens (tertiary/aromatic N) is 3. The lowest BCUT2D eigenvalue weighted by atomic mass is 9.99. The van der Waals surface area contributed by atoms with Gasteiger partial charge in [0.25, 0.3) is 0 Å². The van der Waals surface area contributed by atoms with Crippen molar-refractivity contribution < 1.29 is 0 Å². The predicted octanol–water partition coefficient (Wildman–Crippen LogP) is 2.42. The first-order valence-electron chi connectivity index (χ1n) is 7.70. The van der Waals surface area contributed by atoms with E-state index in [1.54, 1.807) is 0 Å². The molecule has 5 nitrogen and oxygen atoms in total. The van der Waals surface area contributed by atoms with Gasteiger partial charge in [-0.25, -0.2) is 11.0 Å². The van der Waals surface area contributed by atoms with Crippen LogP contribution in [0.15, 0.2) is 59.7 Å². The molecule has 2 aromatic rings. The number of rotatable bonds is 7. The number of benzene rings is 2. The van der Waals surface area contributed by atoms with E-state index in [0.717, 1.165) is 18.5 Å². The maximum absolute atomic E-state index is 6.03. The van der Waals surface area contributed by atoms with Gasteiger partial charge in [0.05, 0.1) is 6.04 Å². The predicted molar refractivity (Wildman–Crippen MR) is 96.5 cm³/mol. The quantitative estimate of drug-likeness (QED) is 0.356. The zero-order chi connectivity index (χ0) is 16.7. The Kier molecular flexibility index (Phi) is 6.14. The molecule has 0 fully saturated rings. The van der Waals surface area contributed by atoms with E-state index in [1.165, 1.54) is 22.6 Å². The van der Waals surface area contributed by atoms with Crippen LogP contribution < -0.4 is 11.6 Å². The van der Waals surface area contributed by atoms with Gasteiger partial charge in [0.2, 0.25) is 0 Å². The Balaban J connectivity index is 2.21. The minimum Gasteiger partial charge on any atom is -0.388 e. The normalized spacial score (nSPS) is 12.7. The molecule has 0 radical (unpaired) electrons. The van der Waals surface area contributed by atoms with Crippen molar-refractivity contribution in [3.63, 3.8) is 0 Å². The second-order valence-electron chi connectivity index (χ2n) is 5.74. The molecule has 0 bridgehead atoms. The number of hydrazone groups is 1. The Hall–Kier alpha value is -2.37. The van der Waals surface area contributed by atoms with Crippen LogP contribution >= 0.6 is 0 Å². The molecule has 122 valence electrons. The van der Waals surface area contributed by atoms with Crippen LogP contribution in [0.2, 0.25) is 0 Å². The van der Waals surface area contributed by atoms with E-state index >= 15 is 0 Å². The van der Waals surface area contributed by atoms with Gasteiger partial charge in [-0.3, -0.25) is 0 Å². The van der Waals surface area contributed by atoms with E-state index in [2.05, 4.69) is 46.4 Å². The van der Waals surface area contributed by atoms with E-state index in [-0.39, 0.29) is 6.04 Å². The minimum atomic E-state index is -0.0120. The fraction of sp³-hybridized carbons (Fsp3) is 0.278. The molecule has 2 aromatic carbocycles. The highest BCUT2D eigenvalue weighted by atomic mass is 15.6.